The van der Waals surface area contributed by atoms with Crippen molar-refractivity contribution in [3.05, 3.63) is 52.6 Å². The molecule has 0 aliphatic heterocycles. The van der Waals surface area contributed by atoms with Crippen molar-refractivity contribution >= 4 is 23.6 Å². The summed E-state index contributed by atoms with van der Waals surface area (Å²) in [5.41, 5.74) is 1.52. The number of amides is 1. The number of Topliss-reactive ketones (excluding diaryl/α,β-unsaturated/α-hetero) is 1. The second-order valence-corrected chi connectivity index (χ2v) is 6.26. The number of hydrogen-bond donors (Lipinski definition) is 2. The van der Waals surface area contributed by atoms with Gasteiger partial charge in [0.15, 0.2) is 11.5 Å². The molecule has 0 bridgehead atoms. The summed E-state index contributed by atoms with van der Waals surface area (Å²) in [6, 6.07) is 4.29. The summed E-state index contributed by atoms with van der Waals surface area (Å²) in [5.74, 6) is -2.81. The molecule has 1 amide bonds. The number of likely N-dealkylation sites (N-methyl/N-ethyl adjacent to an activating group) is 1. The molecule has 1 unspecified atom stereocenters. The summed E-state index contributed by atoms with van der Waals surface area (Å²) >= 11 is 0. The largest absolute Gasteiger partial charge is 0.476 e. The van der Waals surface area contributed by atoms with Gasteiger partial charge in [0.25, 0.3) is 0 Å². The van der Waals surface area contributed by atoms with E-state index in [2.05, 4.69) is 10.3 Å². The first-order valence-electron chi connectivity index (χ1n) is 8.72. The van der Waals surface area contributed by atoms with Crippen LogP contribution in [0, 0.1) is 0 Å². The third-order valence-corrected chi connectivity index (χ3v) is 4.61. The van der Waals surface area contributed by atoms with Gasteiger partial charge in [0.05, 0.1) is 13.0 Å². The van der Waals surface area contributed by atoms with E-state index in [0.717, 1.165) is 0 Å². The van der Waals surface area contributed by atoms with Crippen molar-refractivity contribution in [2.75, 3.05) is 13.7 Å². The normalized spacial score (nSPS) is 15.2. The number of esters is 1. The van der Waals surface area contributed by atoms with Crippen LogP contribution < -0.4 is 5.32 Å². The van der Waals surface area contributed by atoms with E-state index in [-0.39, 0.29) is 42.7 Å². The number of aromatic carboxylic acids is 1. The number of carbonyl (C=O) groups excluding carboxylic acids is 3. The van der Waals surface area contributed by atoms with Gasteiger partial charge >= 0.3 is 11.9 Å². The van der Waals surface area contributed by atoms with Crippen molar-refractivity contribution in [3.63, 3.8) is 0 Å². The Morgan fingerprint density at radius 3 is 2.75 bits per heavy atom. The van der Waals surface area contributed by atoms with E-state index >= 15 is 0 Å². The zero-order valence-corrected chi connectivity index (χ0v) is 15.4. The Hall–Kier alpha value is -3.49. The Morgan fingerprint density at radius 1 is 1.36 bits per heavy atom. The fourth-order valence-corrected chi connectivity index (χ4v) is 3.30. The van der Waals surface area contributed by atoms with Crippen molar-refractivity contribution in [2.24, 2.45) is 0 Å². The molecule has 3 rings (SSSR count). The predicted octanol–water partition coefficient (Wildman–Crippen LogP) is 1.03. The lowest BCUT2D eigenvalue weighted by atomic mass is 10.0. The lowest BCUT2D eigenvalue weighted by Gasteiger charge is -2.13. The predicted molar refractivity (Wildman–Crippen MR) is 96.4 cm³/mol. The molecular formula is C19H19N3O6. The van der Waals surface area contributed by atoms with Gasteiger partial charge in [0, 0.05) is 25.2 Å². The molecule has 0 saturated carbocycles. The number of benzene rings is 1. The van der Waals surface area contributed by atoms with Gasteiger partial charge in [-0.15, -0.1) is 0 Å². The maximum Gasteiger partial charge on any atom is 0.374 e. The number of nitrogens with one attached hydrogen (secondary N) is 1. The summed E-state index contributed by atoms with van der Waals surface area (Å²) in [5, 5.41) is 11.8. The van der Waals surface area contributed by atoms with E-state index in [4.69, 9.17) is 4.74 Å². The zero-order valence-electron chi connectivity index (χ0n) is 15.4. The van der Waals surface area contributed by atoms with Gasteiger partial charge < -0.3 is 19.7 Å². The average molecular weight is 385 g/mol. The third-order valence-electron chi connectivity index (χ3n) is 4.61. The molecule has 9 nitrogen and oxygen atoms in total. The monoisotopic (exact) mass is 385 g/mol. The Labute approximate surface area is 160 Å². The number of carboxylic acids is 1. The van der Waals surface area contributed by atoms with Crippen LogP contribution >= 0.6 is 0 Å². The first-order valence-corrected chi connectivity index (χ1v) is 8.72. The van der Waals surface area contributed by atoms with E-state index in [0.29, 0.717) is 16.7 Å². The first kappa shape index (κ1) is 19.3. The highest BCUT2D eigenvalue weighted by molar-refractivity contribution is 6.04. The molecule has 28 heavy (non-hydrogen) atoms. The molecular weight excluding hydrogens is 366 g/mol. The van der Waals surface area contributed by atoms with Gasteiger partial charge in [-0.2, -0.15) is 0 Å². The topological polar surface area (TPSA) is 128 Å². The number of rotatable bonds is 6. The van der Waals surface area contributed by atoms with Crippen LogP contribution in [0.15, 0.2) is 24.4 Å². The van der Waals surface area contributed by atoms with Crippen molar-refractivity contribution in [1.82, 2.24) is 14.9 Å². The zero-order chi connectivity index (χ0) is 20.4. The fraction of sp³-hybridized carbons (Fsp3) is 0.316. The molecule has 0 fully saturated rings. The van der Waals surface area contributed by atoms with Crippen LogP contribution in [-0.4, -0.2) is 51.9 Å². The van der Waals surface area contributed by atoms with Crippen molar-refractivity contribution in [3.8, 4) is 0 Å². The average Bonchev–Trinajstić information content (AvgIpc) is 3.24. The lowest BCUT2D eigenvalue weighted by Crippen LogP contribution is -2.21. The summed E-state index contributed by atoms with van der Waals surface area (Å²) in [6.07, 6.45) is 1.51. The quantitative estimate of drug-likeness (QED) is 0.711. The number of imidazole rings is 1. The van der Waals surface area contributed by atoms with Crippen LogP contribution in [-0.2, 0) is 22.4 Å². The minimum Gasteiger partial charge on any atom is -0.476 e. The number of ketones is 1. The first-order chi connectivity index (χ1) is 13.4. The van der Waals surface area contributed by atoms with Crippen LogP contribution in [0.3, 0.4) is 0 Å². The maximum absolute atomic E-state index is 13.0. The van der Waals surface area contributed by atoms with Gasteiger partial charge in [0.1, 0.15) is 6.04 Å². The van der Waals surface area contributed by atoms with E-state index < -0.39 is 18.0 Å². The smallest absolute Gasteiger partial charge is 0.374 e. The standard InChI is InChI=1S/C19H19N3O6/c1-3-28-19(27)17-21-13(18(25)26)9-22(17)14-8-12-10(7-15(23)20-2)5-4-6-11(12)16(14)24/h4-6,9,14H,3,7-8H2,1-2H3,(H,20,23)(H,25,26). The third kappa shape index (κ3) is 3.38. The molecule has 1 heterocycles. The molecule has 1 aromatic carbocycles. The molecule has 0 spiro atoms. The van der Waals surface area contributed by atoms with Crippen LogP contribution in [0.4, 0.5) is 0 Å². The molecule has 0 radical (unpaired) electrons. The number of carboxylic acid groups (broad SMARTS) is 1. The number of ether oxygens (including phenoxy) is 1. The van der Waals surface area contributed by atoms with E-state index in [1.165, 1.54) is 17.8 Å². The SMILES string of the molecule is CCOC(=O)c1nc(C(=O)O)cn1C1Cc2c(CC(=O)NC)cccc2C1=O. The van der Waals surface area contributed by atoms with Crippen molar-refractivity contribution < 1.29 is 29.0 Å². The van der Waals surface area contributed by atoms with Gasteiger partial charge in [-0.1, -0.05) is 18.2 Å². The van der Waals surface area contributed by atoms with Crippen LogP contribution in [0.25, 0.3) is 0 Å². The maximum atomic E-state index is 13.0. The van der Waals surface area contributed by atoms with Crippen molar-refractivity contribution in [1.29, 1.82) is 0 Å². The second kappa shape index (κ2) is 7.63. The highest BCUT2D eigenvalue weighted by Gasteiger charge is 2.36. The number of nitrogens with zero attached hydrogens (tertiary/aromatic N) is 2. The summed E-state index contributed by atoms with van der Waals surface area (Å²) < 4.78 is 6.20. The minimum absolute atomic E-state index is 0.0865. The van der Waals surface area contributed by atoms with E-state index in [1.54, 1.807) is 25.1 Å². The van der Waals surface area contributed by atoms with Crippen LogP contribution in [0.1, 0.15) is 55.6 Å². The highest BCUT2D eigenvalue weighted by Crippen LogP contribution is 2.34. The number of fused-ring (bicyclic) bond motifs is 1. The summed E-state index contributed by atoms with van der Waals surface area (Å²) in [7, 11) is 1.53. The molecule has 2 N–H and O–H groups in total. The van der Waals surface area contributed by atoms with Gasteiger partial charge in [-0.3, -0.25) is 9.59 Å². The Bertz CT molecular complexity index is 978. The van der Waals surface area contributed by atoms with Gasteiger partial charge in [0.2, 0.25) is 11.7 Å². The molecule has 9 heteroatoms. The van der Waals surface area contributed by atoms with Gasteiger partial charge in [-0.05, 0) is 18.1 Å². The summed E-state index contributed by atoms with van der Waals surface area (Å²) in [4.78, 5) is 52.1. The second-order valence-electron chi connectivity index (χ2n) is 6.26. The Balaban J connectivity index is 2.02. The molecule has 1 aromatic heterocycles. The van der Waals surface area contributed by atoms with Crippen LogP contribution in [0.2, 0.25) is 0 Å². The number of aromatic nitrogens is 2. The molecule has 146 valence electrons. The molecule has 0 saturated heterocycles. The van der Waals surface area contributed by atoms with Crippen LogP contribution in [0.5, 0.6) is 0 Å². The molecule has 1 atom stereocenters. The van der Waals surface area contributed by atoms with Crippen molar-refractivity contribution in [2.45, 2.75) is 25.8 Å². The number of hydrogen-bond acceptors (Lipinski definition) is 6. The fourth-order valence-electron chi connectivity index (χ4n) is 3.30. The molecule has 2 aromatic rings. The lowest BCUT2D eigenvalue weighted by molar-refractivity contribution is -0.119. The number of carbonyl (C=O) groups is 4. The summed E-state index contributed by atoms with van der Waals surface area (Å²) in [6.45, 7) is 1.70. The van der Waals surface area contributed by atoms with E-state index in [1.807, 2.05) is 0 Å². The van der Waals surface area contributed by atoms with E-state index in [9.17, 15) is 24.3 Å². The molecule has 1 aliphatic carbocycles. The minimum atomic E-state index is -1.31. The Kier molecular flexibility index (Phi) is 5.25. The highest BCUT2D eigenvalue weighted by atomic mass is 16.5. The van der Waals surface area contributed by atoms with Gasteiger partial charge in [-0.25, -0.2) is 14.6 Å². The molecule has 1 aliphatic rings. The Morgan fingerprint density at radius 2 is 2.11 bits per heavy atom.